The molecule has 0 aromatic carbocycles. The second kappa shape index (κ2) is 5.68. The lowest BCUT2D eigenvalue weighted by atomic mass is 9.42. The number of rotatable bonds is 2. The van der Waals surface area contributed by atoms with Crippen molar-refractivity contribution in [1.82, 2.24) is 0 Å². The molecule has 4 rings (SSSR count). The van der Waals surface area contributed by atoms with Crippen molar-refractivity contribution in [2.45, 2.75) is 85.0 Å². The van der Waals surface area contributed by atoms with E-state index in [0.717, 1.165) is 43.9 Å². The zero-order valence-electron chi connectivity index (χ0n) is 15.8. The Morgan fingerprint density at radius 3 is 2.54 bits per heavy atom. The summed E-state index contributed by atoms with van der Waals surface area (Å²) in [5.41, 5.74) is 0.328. The lowest BCUT2D eigenvalue weighted by molar-refractivity contribution is -0.156. The van der Waals surface area contributed by atoms with Crippen LogP contribution in [0.25, 0.3) is 0 Å². The van der Waals surface area contributed by atoms with E-state index in [1.165, 1.54) is 32.1 Å². The third kappa shape index (κ3) is 2.13. The zero-order chi connectivity index (χ0) is 17.1. The van der Waals surface area contributed by atoms with Crippen molar-refractivity contribution in [3.8, 4) is 0 Å². The molecular weight excluding hydrogens is 296 g/mol. The zero-order valence-corrected chi connectivity index (χ0v) is 15.8. The van der Waals surface area contributed by atoms with E-state index in [1.54, 1.807) is 0 Å². The molecule has 0 bridgehead atoms. The molecule has 7 atom stereocenters. The van der Waals surface area contributed by atoms with Crippen LogP contribution in [0.2, 0.25) is 0 Å². The molecule has 4 fully saturated rings. The topological polar surface area (TPSA) is 34.1 Å². The Bertz CT molecular complexity index is 552. The minimum absolute atomic E-state index is 0.0187. The molecule has 0 spiro atoms. The van der Waals surface area contributed by atoms with Gasteiger partial charge in [-0.05, 0) is 73.5 Å². The highest BCUT2D eigenvalue weighted by atomic mass is 16.1. The Balaban J connectivity index is 1.68. The van der Waals surface area contributed by atoms with Gasteiger partial charge in [-0.15, -0.1) is 0 Å². The fourth-order valence-corrected chi connectivity index (χ4v) is 7.81. The molecule has 2 heteroatoms. The summed E-state index contributed by atoms with van der Waals surface area (Å²) in [6, 6.07) is 0. The summed E-state index contributed by atoms with van der Waals surface area (Å²) in [4.78, 5) is 24.9. The number of hydrogen-bond donors (Lipinski definition) is 0. The fraction of sp³-hybridized carbons (Fsp3) is 0.909. The van der Waals surface area contributed by atoms with Crippen molar-refractivity contribution >= 4 is 11.6 Å². The number of carbonyl (C=O) groups excluding carboxylic acids is 2. The van der Waals surface area contributed by atoms with Crippen LogP contribution in [0.1, 0.15) is 85.0 Å². The van der Waals surface area contributed by atoms with E-state index in [9.17, 15) is 9.59 Å². The van der Waals surface area contributed by atoms with E-state index in [4.69, 9.17) is 0 Å². The first kappa shape index (κ1) is 16.8. The van der Waals surface area contributed by atoms with Crippen LogP contribution in [-0.2, 0) is 9.59 Å². The number of Topliss-reactive ketones (excluding diaryl/α,β-unsaturated/α-hetero) is 2. The Hall–Kier alpha value is -0.660. The van der Waals surface area contributed by atoms with E-state index in [-0.39, 0.29) is 5.41 Å². The second-order valence-corrected chi connectivity index (χ2v) is 9.87. The first-order valence-electron chi connectivity index (χ1n) is 10.5. The van der Waals surface area contributed by atoms with Crippen LogP contribution in [0, 0.1) is 40.4 Å². The van der Waals surface area contributed by atoms with Gasteiger partial charge < -0.3 is 0 Å². The minimum Gasteiger partial charge on any atom is -0.300 e. The van der Waals surface area contributed by atoms with Gasteiger partial charge in [-0.25, -0.2) is 0 Å². The second-order valence-electron chi connectivity index (χ2n) is 9.87. The molecule has 0 amide bonds. The summed E-state index contributed by atoms with van der Waals surface area (Å²) in [6.45, 7) is 7.08. The monoisotopic (exact) mass is 330 g/mol. The van der Waals surface area contributed by atoms with Crippen molar-refractivity contribution in [2.75, 3.05) is 0 Å². The highest BCUT2D eigenvalue weighted by molar-refractivity contribution is 5.87. The molecule has 0 N–H and O–H groups in total. The van der Waals surface area contributed by atoms with Crippen LogP contribution in [0.15, 0.2) is 0 Å². The first-order chi connectivity index (χ1) is 11.4. The predicted octanol–water partition coefficient (Wildman–Crippen LogP) is 5.19. The smallest absolute Gasteiger partial charge is 0.139 e. The molecule has 4 saturated carbocycles. The van der Waals surface area contributed by atoms with Crippen LogP contribution < -0.4 is 0 Å². The molecular formula is C22H34O2. The molecule has 2 nitrogen and oxygen atoms in total. The summed E-state index contributed by atoms with van der Waals surface area (Å²) in [5, 5.41) is 0. The normalized spacial score (nSPS) is 51.0. The Kier molecular flexibility index (Phi) is 3.97. The molecule has 0 saturated heterocycles. The van der Waals surface area contributed by atoms with Gasteiger partial charge in [0.2, 0.25) is 0 Å². The summed E-state index contributed by atoms with van der Waals surface area (Å²) < 4.78 is 0. The maximum atomic E-state index is 12.5. The van der Waals surface area contributed by atoms with Crippen LogP contribution >= 0.6 is 0 Å². The Morgan fingerprint density at radius 2 is 1.79 bits per heavy atom. The van der Waals surface area contributed by atoms with Crippen LogP contribution in [0.4, 0.5) is 0 Å². The molecule has 4 aliphatic rings. The van der Waals surface area contributed by atoms with Crippen molar-refractivity contribution in [3.63, 3.8) is 0 Å². The molecule has 0 radical (unpaired) electrons. The maximum absolute atomic E-state index is 12.5. The van der Waals surface area contributed by atoms with Gasteiger partial charge >= 0.3 is 0 Å². The molecule has 0 aromatic heterocycles. The van der Waals surface area contributed by atoms with Crippen LogP contribution in [-0.4, -0.2) is 11.6 Å². The summed E-state index contributed by atoms with van der Waals surface area (Å²) in [7, 11) is 0. The average Bonchev–Trinajstić information content (AvgIpc) is 2.84. The van der Waals surface area contributed by atoms with Gasteiger partial charge in [0.1, 0.15) is 11.6 Å². The first-order valence-corrected chi connectivity index (χ1v) is 10.5. The molecule has 0 aromatic rings. The molecule has 4 aliphatic carbocycles. The SMILES string of the molecule is CCC[C@H]1CC(=O)CC2CC[C@@H]3[C@H](CC[C@]4(C)C(=O)CC[C@@H]34)[C@]21C. The molecule has 0 aliphatic heterocycles. The van der Waals surface area contributed by atoms with Gasteiger partial charge in [0.05, 0.1) is 0 Å². The molecule has 24 heavy (non-hydrogen) atoms. The Labute approximate surface area is 147 Å². The fourth-order valence-electron chi connectivity index (χ4n) is 7.81. The van der Waals surface area contributed by atoms with Crippen molar-refractivity contribution in [3.05, 3.63) is 0 Å². The van der Waals surface area contributed by atoms with E-state index in [1.807, 2.05) is 0 Å². The van der Waals surface area contributed by atoms with Gasteiger partial charge in [-0.1, -0.05) is 27.2 Å². The number of ketones is 2. The van der Waals surface area contributed by atoms with Crippen LogP contribution in [0.3, 0.4) is 0 Å². The molecule has 0 heterocycles. The quantitative estimate of drug-likeness (QED) is 0.698. The molecule has 1 unspecified atom stereocenters. The number of fused-ring (bicyclic) bond motifs is 5. The van der Waals surface area contributed by atoms with Crippen molar-refractivity contribution in [2.24, 2.45) is 40.4 Å². The van der Waals surface area contributed by atoms with E-state index in [2.05, 4.69) is 20.8 Å². The van der Waals surface area contributed by atoms with Crippen molar-refractivity contribution in [1.29, 1.82) is 0 Å². The molecule has 134 valence electrons. The van der Waals surface area contributed by atoms with E-state index >= 15 is 0 Å². The van der Waals surface area contributed by atoms with Gasteiger partial charge in [-0.2, -0.15) is 0 Å². The third-order valence-corrected chi connectivity index (χ3v) is 9.14. The van der Waals surface area contributed by atoms with Gasteiger partial charge in [0.25, 0.3) is 0 Å². The number of carbonyl (C=O) groups is 2. The third-order valence-electron chi connectivity index (χ3n) is 9.14. The lowest BCUT2D eigenvalue weighted by Gasteiger charge is -2.62. The van der Waals surface area contributed by atoms with Crippen LogP contribution in [0.5, 0.6) is 0 Å². The Morgan fingerprint density at radius 1 is 1.00 bits per heavy atom. The van der Waals surface area contributed by atoms with Gasteiger partial charge in [0, 0.05) is 24.7 Å². The number of hydrogen-bond acceptors (Lipinski definition) is 2. The standard InChI is InChI=1S/C22H34O2/c1-4-5-14-12-16(23)13-15-6-7-17-18-8-9-20(24)21(18,2)11-10-19(17)22(14,15)3/h14-15,17-19H,4-13H2,1-3H3/t14-,15?,17-,18-,19-,21-,22-/m0/s1. The largest absolute Gasteiger partial charge is 0.300 e. The summed E-state index contributed by atoms with van der Waals surface area (Å²) in [6.07, 6.45) is 10.8. The predicted molar refractivity (Wildman–Crippen MR) is 95.5 cm³/mol. The summed E-state index contributed by atoms with van der Waals surface area (Å²) >= 11 is 0. The average molecular weight is 331 g/mol. The minimum atomic E-state index is -0.0187. The van der Waals surface area contributed by atoms with E-state index in [0.29, 0.717) is 34.7 Å². The maximum Gasteiger partial charge on any atom is 0.139 e. The lowest BCUT2D eigenvalue weighted by Crippen LogP contribution is -2.56. The highest BCUT2D eigenvalue weighted by Crippen LogP contribution is 2.66. The van der Waals surface area contributed by atoms with Gasteiger partial charge in [-0.3, -0.25) is 9.59 Å². The van der Waals surface area contributed by atoms with Crippen molar-refractivity contribution < 1.29 is 9.59 Å². The highest BCUT2D eigenvalue weighted by Gasteiger charge is 2.62. The van der Waals surface area contributed by atoms with E-state index < -0.39 is 0 Å². The summed E-state index contributed by atoms with van der Waals surface area (Å²) in [5.74, 6) is 4.38. The van der Waals surface area contributed by atoms with Gasteiger partial charge in [0.15, 0.2) is 0 Å².